The van der Waals surface area contributed by atoms with Gasteiger partial charge in [0, 0.05) is 38.4 Å². The van der Waals surface area contributed by atoms with Crippen LogP contribution in [-0.4, -0.2) is 44.4 Å². The number of hydrogen-bond donors (Lipinski definition) is 2. The molecule has 18 heavy (non-hydrogen) atoms. The Balaban J connectivity index is 2.05. The summed E-state index contributed by atoms with van der Waals surface area (Å²) in [6.45, 7) is 3.92. The molecule has 6 heteroatoms. The number of nitrogens with zero attached hydrogens (tertiary/aromatic N) is 3. The zero-order valence-electron chi connectivity index (χ0n) is 10.9. The van der Waals surface area contributed by atoms with Gasteiger partial charge in [0.15, 0.2) is 0 Å². The van der Waals surface area contributed by atoms with Crippen LogP contribution in [0.25, 0.3) is 0 Å². The summed E-state index contributed by atoms with van der Waals surface area (Å²) in [6.07, 6.45) is 3.39. The fraction of sp³-hybridized carbons (Fsp3) is 0.667. The SMILES string of the molecule is CCc1nn(C)cc1CN1CCC(N)(C(=O)O)C1. The monoisotopic (exact) mass is 252 g/mol. The summed E-state index contributed by atoms with van der Waals surface area (Å²) in [5.74, 6) is -0.910. The summed E-state index contributed by atoms with van der Waals surface area (Å²) < 4.78 is 1.80. The second-order valence-corrected chi connectivity index (χ2v) is 5.05. The molecule has 1 saturated heterocycles. The molecule has 2 heterocycles. The third kappa shape index (κ3) is 2.39. The van der Waals surface area contributed by atoms with E-state index in [1.54, 1.807) is 4.68 Å². The molecule has 0 amide bonds. The lowest BCUT2D eigenvalue weighted by atomic mass is 10.0. The molecule has 6 nitrogen and oxygen atoms in total. The van der Waals surface area contributed by atoms with Gasteiger partial charge < -0.3 is 10.8 Å². The Morgan fingerprint density at radius 3 is 2.94 bits per heavy atom. The van der Waals surface area contributed by atoms with Crippen molar-refractivity contribution in [1.29, 1.82) is 0 Å². The lowest BCUT2D eigenvalue weighted by Gasteiger charge is -2.19. The van der Waals surface area contributed by atoms with Crippen molar-refractivity contribution >= 4 is 5.97 Å². The van der Waals surface area contributed by atoms with Crippen LogP contribution < -0.4 is 5.73 Å². The maximum Gasteiger partial charge on any atom is 0.325 e. The van der Waals surface area contributed by atoms with Gasteiger partial charge in [-0.25, -0.2) is 0 Å². The Morgan fingerprint density at radius 1 is 1.67 bits per heavy atom. The van der Waals surface area contributed by atoms with Crippen molar-refractivity contribution in [3.05, 3.63) is 17.5 Å². The Morgan fingerprint density at radius 2 is 2.39 bits per heavy atom. The molecule has 1 aromatic rings. The molecule has 0 spiro atoms. The van der Waals surface area contributed by atoms with Crippen LogP contribution in [0.15, 0.2) is 6.20 Å². The summed E-state index contributed by atoms with van der Waals surface area (Å²) in [5.41, 5.74) is 7.00. The second-order valence-electron chi connectivity index (χ2n) is 5.05. The van der Waals surface area contributed by atoms with Crippen LogP contribution in [-0.2, 0) is 24.8 Å². The second kappa shape index (κ2) is 4.70. The third-order valence-corrected chi connectivity index (χ3v) is 3.53. The van der Waals surface area contributed by atoms with E-state index in [2.05, 4.69) is 16.9 Å². The first-order valence-electron chi connectivity index (χ1n) is 6.20. The number of rotatable bonds is 4. The van der Waals surface area contributed by atoms with Crippen LogP contribution in [0.3, 0.4) is 0 Å². The lowest BCUT2D eigenvalue weighted by molar-refractivity contribution is -0.142. The van der Waals surface area contributed by atoms with E-state index in [0.717, 1.165) is 30.8 Å². The van der Waals surface area contributed by atoms with Gasteiger partial charge in [-0.2, -0.15) is 5.10 Å². The molecule has 0 aliphatic carbocycles. The Bertz CT molecular complexity index is 457. The van der Waals surface area contributed by atoms with Crippen molar-refractivity contribution in [2.24, 2.45) is 12.8 Å². The molecular weight excluding hydrogens is 232 g/mol. The standard InChI is InChI=1S/C12H20N4O2/c1-3-10-9(6-15(2)14-10)7-16-5-4-12(13,8-16)11(17)18/h6H,3-5,7-8,13H2,1-2H3,(H,17,18). The normalized spacial score (nSPS) is 24.6. The number of carboxylic acids is 1. The number of carboxylic acid groups (broad SMARTS) is 1. The largest absolute Gasteiger partial charge is 0.480 e. The molecule has 0 aromatic carbocycles. The molecule has 3 N–H and O–H groups in total. The highest BCUT2D eigenvalue weighted by Gasteiger charge is 2.41. The van der Waals surface area contributed by atoms with E-state index < -0.39 is 11.5 Å². The maximum atomic E-state index is 11.1. The minimum atomic E-state index is -1.09. The fourth-order valence-electron chi connectivity index (χ4n) is 2.48. The number of aromatic nitrogens is 2. The fourth-order valence-corrected chi connectivity index (χ4v) is 2.48. The van der Waals surface area contributed by atoms with E-state index in [9.17, 15) is 4.79 Å². The van der Waals surface area contributed by atoms with Gasteiger partial charge in [-0.3, -0.25) is 14.4 Å². The van der Waals surface area contributed by atoms with E-state index in [0.29, 0.717) is 13.0 Å². The number of aliphatic carboxylic acids is 1. The Kier molecular flexibility index (Phi) is 3.41. The molecule has 1 unspecified atom stereocenters. The molecule has 2 rings (SSSR count). The average molecular weight is 252 g/mol. The predicted molar refractivity (Wildman–Crippen MR) is 67.0 cm³/mol. The molecule has 1 aromatic heterocycles. The minimum absolute atomic E-state index is 0.403. The highest BCUT2D eigenvalue weighted by molar-refractivity contribution is 5.79. The summed E-state index contributed by atoms with van der Waals surface area (Å²) >= 11 is 0. The zero-order valence-corrected chi connectivity index (χ0v) is 10.9. The van der Waals surface area contributed by atoms with Gasteiger partial charge >= 0.3 is 5.97 Å². The van der Waals surface area contributed by atoms with Crippen LogP contribution in [0.4, 0.5) is 0 Å². The zero-order chi connectivity index (χ0) is 13.3. The summed E-state index contributed by atoms with van der Waals surface area (Å²) in [7, 11) is 1.90. The molecule has 0 radical (unpaired) electrons. The number of nitrogens with two attached hydrogens (primary N) is 1. The molecule has 0 bridgehead atoms. The molecule has 1 atom stereocenters. The Hall–Kier alpha value is -1.40. The van der Waals surface area contributed by atoms with Crippen molar-refractivity contribution in [1.82, 2.24) is 14.7 Å². The highest BCUT2D eigenvalue weighted by atomic mass is 16.4. The number of likely N-dealkylation sites (tertiary alicyclic amines) is 1. The summed E-state index contributed by atoms with van der Waals surface area (Å²) in [5, 5.41) is 13.5. The first-order chi connectivity index (χ1) is 8.44. The maximum absolute atomic E-state index is 11.1. The number of carbonyl (C=O) groups is 1. The summed E-state index contributed by atoms with van der Waals surface area (Å²) in [4.78, 5) is 13.2. The third-order valence-electron chi connectivity index (χ3n) is 3.53. The van der Waals surface area contributed by atoms with Crippen LogP contribution in [0.1, 0.15) is 24.6 Å². The van der Waals surface area contributed by atoms with Gasteiger partial charge in [-0.05, 0) is 12.8 Å². The number of aryl methyl sites for hydroxylation is 2. The van der Waals surface area contributed by atoms with Crippen molar-refractivity contribution < 1.29 is 9.90 Å². The van der Waals surface area contributed by atoms with Gasteiger partial charge in [0.25, 0.3) is 0 Å². The first kappa shape index (κ1) is 13.0. The molecule has 1 aliphatic heterocycles. The average Bonchev–Trinajstić information content (AvgIpc) is 2.84. The predicted octanol–water partition coefficient (Wildman–Crippen LogP) is -0.0297. The van der Waals surface area contributed by atoms with Gasteiger partial charge in [0.1, 0.15) is 5.54 Å². The highest BCUT2D eigenvalue weighted by Crippen LogP contribution is 2.22. The van der Waals surface area contributed by atoms with Crippen LogP contribution in [0, 0.1) is 0 Å². The Labute approximate surface area is 106 Å². The van der Waals surface area contributed by atoms with Crippen molar-refractivity contribution in [2.45, 2.75) is 31.8 Å². The van der Waals surface area contributed by atoms with Crippen LogP contribution in [0.2, 0.25) is 0 Å². The first-order valence-corrected chi connectivity index (χ1v) is 6.20. The van der Waals surface area contributed by atoms with E-state index in [1.165, 1.54) is 0 Å². The van der Waals surface area contributed by atoms with E-state index in [1.807, 2.05) is 13.2 Å². The van der Waals surface area contributed by atoms with Gasteiger partial charge in [-0.15, -0.1) is 0 Å². The topological polar surface area (TPSA) is 84.4 Å². The quantitative estimate of drug-likeness (QED) is 0.786. The van der Waals surface area contributed by atoms with Crippen molar-refractivity contribution in [2.75, 3.05) is 13.1 Å². The molecule has 1 aliphatic rings. The lowest BCUT2D eigenvalue weighted by Crippen LogP contribution is -2.50. The number of hydrogen-bond acceptors (Lipinski definition) is 4. The van der Waals surface area contributed by atoms with E-state index in [-0.39, 0.29) is 0 Å². The smallest absolute Gasteiger partial charge is 0.325 e. The van der Waals surface area contributed by atoms with Gasteiger partial charge in [0.2, 0.25) is 0 Å². The summed E-state index contributed by atoms with van der Waals surface area (Å²) in [6, 6.07) is 0. The molecular formula is C12H20N4O2. The minimum Gasteiger partial charge on any atom is -0.480 e. The van der Waals surface area contributed by atoms with Crippen molar-refractivity contribution in [3.8, 4) is 0 Å². The molecule has 1 fully saturated rings. The van der Waals surface area contributed by atoms with Crippen LogP contribution in [0.5, 0.6) is 0 Å². The van der Waals surface area contributed by atoms with E-state index >= 15 is 0 Å². The molecule has 0 saturated carbocycles. The molecule has 100 valence electrons. The van der Waals surface area contributed by atoms with Crippen molar-refractivity contribution in [3.63, 3.8) is 0 Å². The van der Waals surface area contributed by atoms with Gasteiger partial charge in [0.05, 0.1) is 5.69 Å². The van der Waals surface area contributed by atoms with Gasteiger partial charge in [-0.1, -0.05) is 6.92 Å². The van der Waals surface area contributed by atoms with E-state index in [4.69, 9.17) is 10.8 Å². The van der Waals surface area contributed by atoms with Crippen LogP contribution >= 0.6 is 0 Å².